The first-order valence-electron chi connectivity index (χ1n) is 12.8. The summed E-state index contributed by atoms with van der Waals surface area (Å²) in [5.74, 6) is 2.26. The number of nitrogens with zero attached hydrogens (tertiary/aromatic N) is 5. The van der Waals surface area contributed by atoms with Gasteiger partial charge in [-0.15, -0.1) is 0 Å². The fraction of sp³-hybridized carbons (Fsp3) is 0.500. The van der Waals surface area contributed by atoms with Crippen LogP contribution in [0.15, 0.2) is 47.6 Å². The van der Waals surface area contributed by atoms with E-state index in [0.717, 1.165) is 42.7 Å². The van der Waals surface area contributed by atoms with Gasteiger partial charge in [0.2, 0.25) is 11.8 Å². The van der Waals surface area contributed by atoms with E-state index in [1.54, 1.807) is 6.20 Å². The molecule has 36 heavy (non-hydrogen) atoms. The SMILES string of the molecule is CC(C)[C@H](CCC(=O)N(C)C1CCC(C#N)CC1)N1Cc2cc(Oc3ccccc3)ncc2N=C1N. The van der Waals surface area contributed by atoms with Crippen molar-refractivity contribution in [2.75, 3.05) is 7.05 Å². The van der Waals surface area contributed by atoms with Crippen molar-refractivity contribution < 1.29 is 9.53 Å². The molecule has 1 aliphatic heterocycles. The van der Waals surface area contributed by atoms with E-state index in [1.165, 1.54) is 0 Å². The number of benzene rings is 1. The maximum absolute atomic E-state index is 13.1. The average molecular weight is 489 g/mol. The van der Waals surface area contributed by atoms with Crippen molar-refractivity contribution in [3.05, 3.63) is 48.2 Å². The number of carbonyl (C=O) groups excluding carboxylic acids is 1. The number of ether oxygens (including phenoxy) is 1. The standard InChI is InChI=1S/C28H36N6O2/c1-19(2)25(13-14-27(35)33(3)22-11-9-20(16-29)10-12-22)34-18-21-15-26(31-17-24(21)32-28(34)30)36-23-7-5-4-6-8-23/h4-8,15,17,19-20,22,25H,9-14,18H2,1-3H3,(H2,30,32)/t20?,22?,25-/m0/s1. The Morgan fingerprint density at radius 1 is 1.25 bits per heavy atom. The Balaban J connectivity index is 1.41. The molecule has 2 aliphatic rings. The van der Waals surface area contributed by atoms with Crippen LogP contribution < -0.4 is 10.5 Å². The van der Waals surface area contributed by atoms with Gasteiger partial charge in [0.1, 0.15) is 5.75 Å². The molecule has 2 aromatic rings. The predicted octanol–water partition coefficient (Wildman–Crippen LogP) is 4.98. The van der Waals surface area contributed by atoms with Crippen LogP contribution in [-0.4, -0.2) is 45.8 Å². The first kappa shape index (κ1) is 25.5. The second kappa shape index (κ2) is 11.4. The number of para-hydroxylation sites is 1. The molecule has 2 N–H and O–H groups in total. The number of aromatic nitrogens is 1. The molecule has 1 aromatic carbocycles. The lowest BCUT2D eigenvalue weighted by molar-refractivity contribution is -0.133. The van der Waals surface area contributed by atoms with Crippen LogP contribution in [0.2, 0.25) is 0 Å². The van der Waals surface area contributed by atoms with Crippen LogP contribution in [-0.2, 0) is 11.3 Å². The van der Waals surface area contributed by atoms with E-state index in [4.69, 9.17) is 15.7 Å². The van der Waals surface area contributed by atoms with Crippen molar-refractivity contribution in [2.24, 2.45) is 22.6 Å². The molecule has 1 saturated carbocycles. The van der Waals surface area contributed by atoms with Gasteiger partial charge < -0.3 is 20.3 Å². The van der Waals surface area contributed by atoms with Gasteiger partial charge in [0, 0.05) is 49.6 Å². The molecule has 0 spiro atoms. The maximum atomic E-state index is 13.1. The molecule has 4 rings (SSSR count). The van der Waals surface area contributed by atoms with Crippen LogP contribution in [0, 0.1) is 23.2 Å². The zero-order valence-corrected chi connectivity index (χ0v) is 21.4. The van der Waals surface area contributed by atoms with Crippen molar-refractivity contribution in [1.29, 1.82) is 5.26 Å². The van der Waals surface area contributed by atoms with Crippen LogP contribution >= 0.6 is 0 Å². The van der Waals surface area contributed by atoms with Crippen LogP contribution in [0.4, 0.5) is 5.69 Å². The van der Waals surface area contributed by atoms with Crippen LogP contribution in [0.1, 0.15) is 57.9 Å². The minimum atomic E-state index is 0.0697. The van der Waals surface area contributed by atoms with Crippen LogP contribution in [0.3, 0.4) is 0 Å². The maximum Gasteiger partial charge on any atom is 0.222 e. The Morgan fingerprint density at radius 2 is 1.97 bits per heavy atom. The molecule has 1 atom stereocenters. The summed E-state index contributed by atoms with van der Waals surface area (Å²) in [5.41, 5.74) is 8.14. The van der Waals surface area contributed by atoms with Crippen molar-refractivity contribution in [3.8, 4) is 17.7 Å². The smallest absolute Gasteiger partial charge is 0.222 e. The van der Waals surface area contributed by atoms with Crippen LogP contribution in [0.25, 0.3) is 0 Å². The Kier molecular flexibility index (Phi) is 8.09. The Morgan fingerprint density at radius 3 is 2.64 bits per heavy atom. The normalized spacial score (nSPS) is 20.2. The number of nitrogens with two attached hydrogens (primary N) is 1. The van der Waals surface area contributed by atoms with E-state index in [1.807, 2.05) is 48.3 Å². The van der Waals surface area contributed by atoms with Gasteiger partial charge in [-0.05, 0) is 50.2 Å². The lowest BCUT2D eigenvalue weighted by Crippen LogP contribution is -2.48. The van der Waals surface area contributed by atoms with Gasteiger partial charge in [0.15, 0.2) is 5.96 Å². The van der Waals surface area contributed by atoms with E-state index >= 15 is 0 Å². The molecule has 0 bridgehead atoms. The summed E-state index contributed by atoms with van der Waals surface area (Å²) in [7, 11) is 1.90. The number of amides is 1. The Labute approximate surface area is 213 Å². The molecule has 1 aromatic heterocycles. The molecule has 8 nitrogen and oxygen atoms in total. The van der Waals surface area contributed by atoms with Gasteiger partial charge in [-0.3, -0.25) is 4.79 Å². The highest BCUT2D eigenvalue weighted by Crippen LogP contribution is 2.32. The Bertz CT molecular complexity index is 1120. The number of aliphatic imine (C=N–C) groups is 1. The molecule has 8 heteroatoms. The summed E-state index contributed by atoms with van der Waals surface area (Å²) in [4.78, 5) is 26.1. The van der Waals surface area contributed by atoms with Crippen molar-refractivity contribution in [1.82, 2.24) is 14.8 Å². The van der Waals surface area contributed by atoms with Crippen molar-refractivity contribution >= 4 is 17.6 Å². The molecule has 1 aliphatic carbocycles. The zero-order valence-electron chi connectivity index (χ0n) is 21.4. The third-order valence-corrected chi connectivity index (χ3v) is 7.42. The predicted molar refractivity (Wildman–Crippen MR) is 140 cm³/mol. The number of hydrogen-bond donors (Lipinski definition) is 1. The number of hydrogen-bond acceptors (Lipinski definition) is 7. The number of nitriles is 1. The molecule has 0 unspecified atom stereocenters. The van der Waals surface area contributed by atoms with Crippen LogP contribution in [0.5, 0.6) is 11.6 Å². The number of guanidine groups is 1. The van der Waals surface area contributed by atoms with E-state index in [9.17, 15) is 4.79 Å². The minimum absolute atomic E-state index is 0.0697. The average Bonchev–Trinajstić information content (AvgIpc) is 2.89. The summed E-state index contributed by atoms with van der Waals surface area (Å²) in [5, 5.41) is 9.14. The quantitative estimate of drug-likeness (QED) is 0.561. The number of fused-ring (bicyclic) bond motifs is 1. The van der Waals surface area contributed by atoms with E-state index in [-0.39, 0.29) is 29.8 Å². The van der Waals surface area contributed by atoms with Gasteiger partial charge in [-0.1, -0.05) is 32.0 Å². The van der Waals surface area contributed by atoms with Crippen molar-refractivity contribution in [3.63, 3.8) is 0 Å². The molecular formula is C28H36N6O2. The summed E-state index contributed by atoms with van der Waals surface area (Å²) in [6.07, 6.45) is 6.39. The second-order valence-corrected chi connectivity index (χ2v) is 10.2. The molecule has 0 radical (unpaired) electrons. The molecule has 0 saturated heterocycles. The van der Waals surface area contributed by atoms with Gasteiger partial charge in [-0.25, -0.2) is 9.98 Å². The molecule has 190 valence electrons. The highest BCUT2D eigenvalue weighted by atomic mass is 16.5. The number of rotatable bonds is 8. The summed E-state index contributed by atoms with van der Waals surface area (Å²) in [6, 6.07) is 14.1. The zero-order chi connectivity index (χ0) is 25.7. The largest absolute Gasteiger partial charge is 0.439 e. The molecular weight excluding hydrogens is 452 g/mol. The first-order valence-corrected chi connectivity index (χ1v) is 12.8. The summed E-state index contributed by atoms with van der Waals surface area (Å²) >= 11 is 0. The lowest BCUT2D eigenvalue weighted by Gasteiger charge is -2.38. The van der Waals surface area contributed by atoms with Crippen molar-refractivity contribution in [2.45, 2.75) is 71.0 Å². The van der Waals surface area contributed by atoms with E-state index < -0.39 is 0 Å². The topological polar surface area (TPSA) is 108 Å². The molecule has 1 amide bonds. The highest BCUT2D eigenvalue weighted by molar-refractivity contribution is 5.84. The third-order valence-electron chi connectivity index (χ3n) is 7.42. The summed E-state index contributed by atoms with van der Waals surface area (Å²) < 4.78 is 5.91. The fourth-order valence-corrected chi connectivity index (χ4v) is 5.19. The molecule has 2 heterocycles. The molecule has 1 fully saturated rings. The lowest BCUT2D eigenvalue weighted by atomic mass is 9.86. The van der Waals surface area contributed by atoms with Gasteiger partial charge in [0.05, 0.1) is 18.0 Å². The van der Waals surface area contributed by atoms with Gasteiger partial charge in [-0.2, -0.15) is 5.26 Å². The Hall–Kier alpha value is -3.60. The second-order valence-electron chi connectivity index (χ2n) is 10.2. The van der Waals surface area contributed by atoms with E-state index in [2.05, 4.69) is 34.8 Å². The highest BCUT2D eigenvalue weighted by Gasteiger charge is 2.30. The first-order chi connectivity index (χ1) is 17.4. The number of pyridine rings is 1. The van der Waals surface area contributed by atoms with E-state index in [0.29, 0.717) is 31.2 Å². The third kappa shape index (κ3) is 5.96. The van der Waals surface area contributed by atoms with Gasteiger partial charge >= 0.3 is 0 Å². The number of carbonyl (C=O) groups is 1. The fourth-order valence-electron chi connectivity index (χ4n) is 5.19. The monoisotopic (exact) mass is 488 g/mol. The van der Waals surface area contributed by atoms with Gasteiger partial charge in [0.25, 0.3) is 0 Å². The summed E-state index contributed by atoms with van der Waals surface area (Å²) in [6.45, 7) is 4.89. The minimum Gasteiger partial charge on any atom is -0.439 e.